The molecule has 7 nitrogen and oxygen atoms in total. The van der Waals surface area contributed by atoms with Crippen LogP contribution in [-0.4, -0.2) is 54.5 Å². The molecule has 0 saturated carbocycles. The number of benzene rings is 1. The van der Waals surface area contributed by atoms with E-state index in [1.807, 2.05) is 35.2 Å². The number of para-hydroxylation sites is 1. The molecule has 1 aromatic carbocycles. The SMILES string of the molecule is NC(=O)C12CCC(CC1(C(=O)O)C1COCCN1c1ccccc1)O2. The third-order valence-electron chi connectivity index (χ3n) is 6.02. The highest BCUT2D eigenvalue weighted by Crippen LogP contribution is 2.59. The summed E-state index contributed by atoms with van der Waals surface area (Å²) in [4.78, 5) is 26.9. The highest BCUT2D eigenvalue weighted by molar-refractivity contribution is 5.94. The Balaban J connectivity index is 1.83. The number of aliphatic carboxylic acids is 1. The summed E-state index contributed by atoms with van der Waals surface area (Å²) in [6, 6.07) is 9.11. The van der Waals surface area contributed by atoms with Gasteiger partial charge in [0.2, 0.25) is 0 Å². The van der Waals surface area contributed by atoms with Crippen molar-refractivity contribution in [2.45, 2.75) is 37.0 Å². The van der Waals surface area contributed by atoms with Crippen molar-refractivity contribution in [2.75, 3.05) is 24.7 Å². The number of nitrogens with two attached hydrogens (primary N) is 1. The zero-order chi connectivity index (χ0) is 17.7. The zero-order valence-corrected chi connectivity index (χ0v) is 13.9. The summed E-state index contributed by atoms with van der Waals surface area (Å²) in [6.07, 6.45) is 1.04. The van der Waals surface area contributed by atoms with Crippen LogP contribution in [0.25, 0.3) is 0 Å². The topological polar surface area (TPSA) is 102 Å². The Labute approximate surface area is 145 Å². The number of carboxylic acids is 1. The lowest BCUT2D eigenvalue weighted by Crippen LogP contribution is -2.69. The number of nitrogens with zero attached hydrogens (tertiary/aromatic N) is 1. The van der Waals surface area contributed by atoms with Gasteiger partial charge in [-0.15, -0.1) is 0 Å². The smallest absolute Gasteiger partial charge is 0.315 e. The van der Waals surface area contributed by atoms with Crippen LogP contribution in [0, 0.1) is 5.41 Å². The minimum absolute atomic E-state index is 0.228. The molecule has 25 heavy (non-hydrogen) atoms. The molecule has 0 radical (unpaired) electrons. The van der Waals surface area contributed by atoms with E-state index in [2.05, 4.69) is 0 Å². The minimum atomic E-state index is -1.47. The van der Waals surface area contributed by atoms with Crippen molar-refractivity contribution in [2.24, 2.45) is 11.1 Å². The molecule has 1 amide bonds. The summed E-state index contributed by atoms with van der Waals surface area (Å²) in [5.41, 5.74) is 3.73. The number of anilines is 1. The molecule has 3 aliphatic rings. The van der Waals surface area contributed by atoms with Crippen LogP contribution >= 0.6 is 0 Å². The summed E-state index contributed by atoms with van der Waals surface area (Å²) in [5, 5.41) is 10.2. The standard InChI is InChI=1S/C18H22N2O5/c19-15(21)18-7-6-13(25-18)10-17(18,16(22)23)14-11-24-9-8-20(14)12-4-2-1-3-5-12/h1-5,13-14H,6-11H2,(H2,19,21)(H,22,23). The average Bonchev–Trinajstić information content (AvgIpc) is 3.21. The molecule has 0 spiro atoms. The van der Waals surface area contributed by atoms with E-state index in [1.165, 1.54) is 0 Å². The predicted octanol–water partition coefficient (Wildman–Crippen LogP) is 0.770. The Hall–Kier alpha value is -2.12. The zero-order valence-electron chi connectivity index (χ0n) is 13.9. The number of hydrogen-bond acceptors (Lipinski definition) is 5. The number of carboxylic acid groups (broad SMARTS) is 1. The molecule has 7 heteroatoms. The van der Waals surface area contributed by atoms with Crippen LogP contribution in [0.5, 0.6) is 0 Å². The van der Waals surface area contributed by atoms with Gasteiger partial charge in [0.1, 0.15) is 5.41 Å². The molecule has 0 aromatic heterocycles. The molecule has 1 aromatic rings. The number of morpholine rings is 1. The molecule has 2 bridgehead atoms. The number of ether oxygens (including phenoxy) is 2. The summed E-state index contributed by atoms with van der Waals surface area (Å²) in [7, 11) is 0. The summed E-state index contributed by atoms with van der Waals surface area (Å²) in [5.74, 6) is -1.72. The fourth-order valence-corrected chi connectivity index (χ4v) is 4.91. The van der Waals surface area contributed by atoms with E-state index < -0.39 is 28.9 Å². The average molecular weight is 346 g/mol. The van der Waals surface area contributed by atoms with E-state index in [-0.39, 0.29) is 19.1 Å². The Kier molecular flexibility index (Phi) is 3.73. The van der Waals surface area contributed by atoms with E-state index in [9.17, 15) is 14.7 Å². The van der Waals surface area contributed by atoms with Crippen molar-refractivity contribution in [1.29, 1.82) is 0 Å². The second-order valence-electron chi connectivity index (χ2n) is 7.07. The van der Waals surface area contributed by atoms with Gasteiger partial charge < -0.3 is 25.2 Å². The Morgan fingerprint density at radius 3 is 2.68 bits per heavy atom. The number of carbonyl (C=O) groups excluding carboxylic acids is 1. The van der Waals surface area contributed by atoms with Gasteiger partial charge in [-0.25, -0.2) is 0 Å². The monoisotopic (exact) mass is 346 g/mol. The molecule has 3 aliphatic heterocycles. The third-order valence-corrected chi connectivity index (χ3v) is 6.02. The fraction of sp³-hybridized carbons (Fsp3) is 0.556. The molecule has 3 N–H and O–H groups in total. The largest absolute Gasteiger partial charge is 0.481 e. The van der Waals surface area contributed by atoms with Gasteiger partial charge in [-0.05, 0) is 31.4 Å². The Morgan fingerprint density at radius 2 is 2.04 bits per heavy atom. The molecule has 4 rings (SSSR count). The lowest BCUT2D eigenvalue weighted by Gasteiger charge is -2.50. The van der Waals surface area contributed by atoms with Crippen LogP contribution in [0.1, 0.15) is 19.3 Å². The number of primary amides is 1. The fourth-order valence-electron chi connectivity index (χ4n) is 4.91. The maximum atomic E-state index is 12.5. The van der Waals surface area contributed by atoms with Crippen LogP contribution in [0.2, 0.25) is 0 Å². The quantitative estimate of drug-likeness (QED) is 0.835. The van der Waals surface area contributed by atoms with Crippen LogP contribution in [0.4, 0.5) is 5.69 Å². The number of carbonyl (C=O) groups is 2. The van der Waals surface area contributed by atoms with Gasteiger partial charge in [0, 0.05) is 12.2 Å². The van der Waals surface area contributed by atoms with Crippen molar-refractivity contribution in [1.82, 2.24) is 0 Å². The van der Waals surface area contributed by atoms with E-state index >= 15 is 0 Å². The van der Waals surface area contributed by atoms with Crippen molar-refractivity contribution in [3.63, 3.8) is 0 Å². The highest BCUT2D eigenvalue weighted by atomic mass is 16.5. The first-order chi connectivity index (χ1) is 12.0. The van der Waals surface area contributed by atoms with Crippen molar-refractivity contribution in [3.8, 4) is 0 Å². The Bertz CT molecular complexity index is 696. The summed E-state index contributed by atoms with van der Waals surface area (Å²) >= 11 is 0. The van der Waals surface area contributed by atoms with E-state index in [1.54, 1.807) is 0 Å². The second-order valence-corrected chi connectivity index (χ2v) is 7.07. The molecule has 4 unspecified atom stereocenters. The van der Waals surface area contributed by atoms with Gasteiger partial charge in [0.15, 0.2) is 5.60 Å². The predicted molar refractivity (Wildman–Crippen MR) is 89.1 cm³/mol. The van der Waals surface area contributed by atoms with Crippen LogP contribution < -0.4 is 10.6 Å². The normalized spacial score (nSPS) is 37.2. The summed E-state index contributed by atoms with van der Waals surface area (Å²) in [6.45, 7) is 1.30. The first-order valence-electron chi connectivity index (χ1n) is 8.62. The van der Waals surface area contributed by atoms with Gasteiger partial charge in [-0.3, -0.25) is 9.59 Å². The van der Waals surface area contributed by atoms with Gasteiger partial charge >= 0.3 is 5.97 Å². The maximum Gasteiger partial charge on any atom is 0.315 e. The number of rotatable bonds is 4. The van der Waals surface area contributed by atoms with Crippen molar-refractivity contribution >= 4 is 17.6 Å². The first kappa shape index (κ1) is 16.4. The molecule has 3 heterocycles. The van der Waals surface area contributed by atoms with Crippen molar-refractivity contribution < 1.29 is 24.2 Å². The van der Waals surface area contributed by atoms with Crippen LogP contribution in [0.15, 0.2) is 30.3 Å². The van der Waals surface area contributed by atoms with Gasteiger partial charge in [0.25, 0.3) is 5.91 Å². The maximum absolute atomic E-state index is 12.5. The molecular weight excluding hydrogens is 324 g/mol. The second kappa shape index (κ2) is 5.71. The first-order valence-corrected chi connectivity index (χ1v) is 8.62. The molecular formula is C18H22N2O5. The van der Waals surface area contributed by atoms with E-state index in [4.69, 9.17) is 15.2 Å². The summed E-state index contributed by atoms with van der Waals surface area (Å²) < 4.78 is 11.5. The van der Waals surface area contributed by atoms with Gasteiger partial charge in [-0.1, -0.05) is 18.2 Å². The van der Waals surface area contributed by atoms with E-state index in [0.29, 0.717) is 26.0 Å². The molecule has 0 aliphatic carbocycles. The highest BCUT2D eigenvalue weighted by Gasteiger charge is 2.74. The Morgan fingerprint density at radius 1 is 1.28 bits per heavy atom. The number of hydrogen-bond donors (Lipinski definition) is 2. The van der Waals surface area contributed by atoms with Crippen LogP contribution in [0.3, 0.4) is 0 Å². The lowest BCUT2D eigenvalue weighted by molar-refractivity contribution is -0.173. The minimum Gasteiger partial charge on any atom is -0.481 e. The number of fused-ring (bicyclic) bond motifs is 2. The van der Waals surface area contributed by atoms with Gasteiger partial charge in [-0.2, -0.15) is 0 Å². The van der Waals surface area contributed by atoms with Crippen molar-refractivity contribution in [3.05, 3.63) is 30.3 Å². The molecule has 4 atom stereocenters. The molecule has 3 fully saturated rings. The van der Waals surface area contributed by atoms with Crippen LogP contribution in [-0.2, 0) is 19.1 Å². The lowest BCUT2D eigenvalue weighted by atomic mass is 9.60. The van der Waals surface area contributed by atoms with Gasteiger partial charge in [0.05, 0.1) is 25.4 Å². The third kappa shape index (κ3) is 2.12. The molecule has 134 valence electrons. The molecule has 3 saturated heterocycles. The number of amides is 1. The van der Waals surface area contributed by atoms with E-state index in [0.717, 1.165) is 5.69 Å².